The van der Waals surface area contributed by atoms with Gasteiger partial charge >= 0.3 is 0 Å². The molecule has 0 atom stereocenters. The summed E-state index contributed by atoms with van der Waals surface area (Å²) in [4.78, 5) is 6.06. The molecule has 1 aliphatic heterocycles. The zero-order chi connectivity index (χ0) is 14.7. The van der Waals surface area contributed by atoms with E-state index in [1.54, 1.807) is 0 Å². The Bertz CT molecular complexity index is 220. The maximum Gasteiger partial charge on any atom is 0.0815 e. The summed E-state index contributed by atoms with van der Waals surface area (Å²) in [5, 5.41) is 2.18. The van der Waals surface area contributed by atoms with Gasteiger partial charge in [-0.1, -0.05) is 0 Å². The fourth-order valence-electron chi connectivity index (χ4n) is 1.68. The smallest absolute Gasteiger partial charge is 0.0815 e. The second-order valence-electron chi connectivity index (χ2n) is 5.58. The van der Waals surface area contributed by atoms with Crippen LogP contribution in [0.5, 0.6) is 0 Å². The largest absolute Gasteiger partial charge is 0.293 e. The van der Waals surface area contributed by atoms with Gasteiger partial charge in [0.25, 0.3) is 0 Å². The normalized spacial score (nSPS) is 22.9. The Labute approximate surface area is 142 Å². The van der Waals surface area contributed by atoms with Crippen LogP contribution in [0.3, 0.4) is 0 Å². The quantitative estimate of drug-likeness (QED) is 0.700. The van der Waals surface area contributed by atoms with Gasteiger partial charge in [-0.05, 0) is 20.8 Å². The second kappa shape index (κ2) is 11.8. The highest BCUT2D eigenvalue weighted by Gasteiger charge is 2.16. The number of hydrogen-bond acceptors (Lipinski definition) is 6. The summed E-state index contributed by atoms with van der Waals surface area (Å²) in [6, 6.07) is 0. The number of nitrogens with zero attached hydrogens (tertiary/aromatic N) is 1. The van der Waals surface area contributed by atoms with Crippen LogP contribution in [0, 0.1) is 0 Å². The summed E-state index contributed by atoms with van der Waals surface area (Å²) < 4.78 is 0. The zero-order valence-electron chi connectivity index (χ0n) is 13.1. The van der Waals surface area contributed by atoms with Gasteiger partial charge in [0.05, 0.1) is 5.60 Å². The highest BCUT2D eigenvalue weighted by molar-refractivity contribution is 8.05. The number of rotatable bonds is 1. The summed E-state index contributed by atoms with van der Waals surface area (Å²) in [6.07, 6.45) is 0. The van der Waals surface area contributed by atoms with Crippen molar-refractivity contribution >= 4 is 47.0 Å². The van der Waals surface area contributed by atoms with Crippen molar-refractivity contribution in [1.82, 2.24) is 5.06 Å². The molecule has 0 unspecified atom stereocenters. The van der Waals surface area contributed by atoms with Crippen molar-refractivity contribution in [3.8, 4) is 0 Å². The molecule has 0 amide bonds. The summed E-state index contributed by atoms with van der Waals surface area (Å²) >= 11 is 8.32. The fraction of sp³-hybridized carbons (Fsp3) is 1.00. The van der Waals surface area contributed by atoms with E-state index in [4.69, 9.17) is 4.84 Å². The third kappa shape index (κ3) is 11.9. The minimum atomic E-state index is -0.0794. The fourth-order valence-corrected chi connectivity index (χ4v) is 6.00. The third-order valence-corrected chi connectivity index (χ3v) is 7.16. The van der Waals surface area contributed by atoms with Crippen molar-refractivity contribution < 1.29 is 4.84 Å². The lowest BCUT2D eigenvalue weighted by Crippen LogP contribution is -2.37. The molecule has 0 bridgehead atoms. The maximum atomic E-state index is 6.06. The molecule has 20 heavy (non-hydrogen) atoms. The Kier molecular flexibility index (Phi) is 11.5. The molecule has 0 aromatic rings. The molecule has 0 aromatic heterocycles. The Morgan fingerprint density at radius 2 is 1.00 bits per heavy atom. The topological polar surface area (TPSA) is 12.5 Å². The van der Waals surface area contributed by atoms with E-state index in [-0.39, 0.29) is 5.60 Å². The molecule has 0 radical (unpaired) electrons. The zero-order valence-corrected chi connectivity index (χ0v) is 16.3. The molecule has 0 saturated carbocycles. The highest BCUT2D eigenvalue weighted by Crippen LogP contribution is 2.16. The monoisotopic (exact) mass is 355 g/mol. The summed E-state index contributed by atoms with van der Waals surface area (Å²) in [6.45, 7) is 8.49. The molecular weight excluding hydrogens is 326 g/mol. The first-order valence-electron chi connectivity index (χ1n) is 7.33. The molecule has 0 spiro atoms. The molecule has 1 aliphatic rings. The Balaban J connectivity index is 2.32. The van der Waals surface area contributed by atoms with Crippen molar-refractivity contribution in [2.24, 2.45) is 0 Å². The molecular formula is C14H29NOS4. The minimum absolute atomic E-state index is 0.0794. The molecule has 1 saturated heterocycles. The molecule has 0 aromatic carbocycles. The SMILES string of the molecule is CC(C)(C)ON1CCSCCSCCSCCSCC1. The minimum Gasteiger partial charge on any atom is -0.293 e. The van der Waals surface area contributed by atoms with Crippen LogP contribution < -0.4 is 0 Å². The lowest BCUT2D eigenvalue weighted by Gasteiger charge is -2.29. The van der Waals surface area contributed by atoms with E-state index in [1.165, 1.54) is 46.0 Å². The first-order chi connectivity index (χ1) is 9.58. The van der Waals surface area contributed by atoms with Crippen molar-refractivity contribution in [3.05, 3.63) is 0 Å². The van der Waals surface area contributed by atoms with Gasteiger partial charge in [-0.3, -0.25) is 4.84 Å². The van der Waals surface area contributed by atoms with Crippen LogP contribution in [-0.4, -0.2) is 69.8 Å². The van der Waals surface area contributed by atoms with E-state index in [9.17, 15) is 0 Å². The van der Waals surface area contributed by atoms with Crippen LogP contribution in [0.2, 0.25) is 0 Å². The molecule has 0 N–H and O–H groups in total. The number of thioether (sulfide) groups is 4. The van der Waals surface area contributed by atoms with Crippen LogP contribution in [-0.2, 0) is 4.84 Å². The standard InChI is InChI=1S/C14H29NOS4/c1-14(2,3)16-15-4-6-17-8-10-19-12-13-20-11-9-18-7-5-15/h4-13H2,1-3H3. The van der Waals surface area contributed by atoms with E-state index in [1.807, 2.05) is 0 Å². The van der Waals surface area contributed by atoms with Gasteiger partial charge in [0, 0.05) is 59.1 Å². The molecule has 1 fully saturated rings. The Hall–Kier alpha value is 1.32. The van der Waals surface area contributed by atoms with Crippen LogP contribution in [0.1, 0.15) is 20.8 Å². The van der Waals surface area contributed by atoms with Crippen molar-refractivity contribution in [2.45, 2.75) is 26.4 Å². The molecule has 0 aliphatic carbocycles. The predicted molar refractivity (Wildman–Crippen MR) is 102 cm³/mol. The van der Waals surface area contributed by atoms with E-state index in [0.717, 1.165) is 13.1 Å². The molecule has 6 heteroatoms. The van der Waals surface area contributed by atoms with Gasteiger partial charge in [0.2, 0.25) is 0 Å². The Morgan fingerprint density at radius 3 is 1.35 bits per heavy atom. The summed E-state index contributed by atoms with van der Waals surface area (Å²) in [5.41, 5.74) is -0.0794. The first kappa shape index (κ1) is 19.4. The van der Waals surface area contributed by atoms with E-state index in [0.29, 0.717) is 0 Å². The van der Waals surface area contributed by atoms with Crippen LogP contribution in [0.15, 0.2) is 0 Å². The predicted octanol–water partition coefficient (Wildman–Crippen LogP) is 3.96. The van der Waals surface area contributed by atoms with E-state index in [2.05, 4.69) is 72.9 Å². The van der Waals surface area contributed by atoms with E-state index >= 15 is 0 Å². The van der Waals surface area contributed by atoms with Gasteiger partial charge in [-0.2, -0.15) is 52.1 Å². The van der Waals surface area contributed by atoms with Gasteiger partial charge in [-0.25, -0.2) is 0 Å². The van der Waals surface area contributed by atoms with Crippen molar-refractivity contribution in [3.63, 3.8) is 0 Å². The summed E-state index contributed by atoms with van der Waals surface area (Å²) in [5.74, 6) is 10.1. The van der Waals surface area contributed by atoms with Gasteiger partial charge in [0.15, 0.2) is 0 Å². The highest BCUT2D eigenvalue weighted by atomic mass is 32.2. The van der Waals surface area contributed by atoms with Gasteiger partial charge < -0.3 is 0 Å². The second-order valence-corrected chi connectivity index (χ2v) is 10.5. The van der Waals surface area contributed by atoms with Crippen molar-refractivity contribution in [2.75, 3.05) is 59.1 Å². The first-order valence-corrected chi connectivity index (χ1v) is 11.9. The lowest BCUT2D eigenvalue weighted by molar-refractivity contribution is -0.222. The van der Waals surface area contributed by atoms with E-state index < -0.39 is 0 Å². The molecule has 2 nitrogen and oxygen atoms in total. The van der Waals surface area contributed by atoms with Crippen LogP contribution in [0.4, 0.5) is 0 Å². The van der Waals surface area contributed by atoms with Crippen LogP contribution in [0.25, 0.3) is 0 Å². The molecule has 120 valence electrons. The Morgan fingerprint density at radius 1 is 0.650 bits per heavy atom. The summed E-state index contributed by atoms with van der Waals surface area (Å²) in [7, 11) is 0. The van der Waals surface area contributed by atoms with Gasteiger partial charge in [-0.15, -0.1) is 0 Å². The third-order valence-electron chi connectivity index (χ3n) is 2.49. The molecule has 1 heterocycles. The van der Waals surface area contributed by atoms with Crippen LogP contribution >= 0.6 is 47.0 Å². The average Bonchev–Trinajstić information content (AvgIpc) is 2.37. The number of hydrogen-bond donors (Lipinski definition) is 0. The molecule has 1 rings (SSSR count). The number of hydroxylamine groups is 2. The lowest BCUT2D eigenvalue weighted by atomic mass is 10.2. The van der Waals surface area contributed by atoms with Gasteiger partial charge in [0.1, 0.15) is 0 Å². The average molecular weight is 356 g/mol. The van der Waals surface area contributed by atoms with Crippen molar-refractivity contribution in [1.29, 1.82) is 0 Å². The maximum absolute atomic E-state index is 6.06.